The van der Waals surface area contributed by atoms with E-state index in [0.717, 1.165) is 5.52 Å². The van der Waals surface area contributed by atoms with Crippen molar-refractivity contribution >= 4 is 30.6 Å². The lowest BCUT2D eigenvalue weighted by Gasteiger charge is -2.05. The number of hydrogen-bond donors (Lipinski definition) is 0. The molecular weight excluding hydrogens is 298 g/mol. The Morgan fingerprint density at radius 1 is 1.40 bits per heavy atom. The quantitative estimate of drug-likeness (QED) is 0.644. The highest BCUT2D eigenvalue weighted by molar-refractivity contribution is 8.14. The summed E-state index contributed by atoms with van der Waals surface area (Å²) in [4.78, 5) is 0.0658. The molecule has 0 N–H and O–H groups in total. The standard InChI is InChI=1S/C14H14ClNO3S/c1-3-4-5-9-16-10-13(20(15,17)18)14-11(16)7-6-8-12(14)19-2/h6-8,10H,5,9H2,1-2H3. The van der Waals surface area contributed by atoms with Crippen molar-refractivity contribution < 1.29 is 13.2 Å². The van der Waals surface area contributed by atoms with Gasteiger partial charge in [-0.15, -0.1) is 11.8 Å². The first kappa shape index (κ1) is 14.8. The fourth-order valence-electron chi connectivity index (χ4n) is 2.12. The maximum absolute atomic E-state index is 11.7. The number of nitrogens with zero attached hydrogens (tertiary/aromatic N) is 1. The molecule has 0 saturated carbocycles. The van der Waals surface area contributed by atoms with E-state index < -0.39 is 9.05 Å². The van der Waals surface area contributed by atoms with Crippen LogP contribution in [0.4, 0.5) is 0 Å². The fourth-order valence-corrected chi connectivity index (χ4v) is 3.18. The van der Waals surface area contributed by atoms with Gasteiger partial charge in [0, 0.05) is 29.8 Å². The zero-order valence-corrected chi connectivity index (χ0v) is 12.8. The minimum absolute atomic E-state index is 0.0658. The summed E-state index contributed by atoms with van der Waals surface area (Å²) in [5.74, 6) is 6.25. The number of fused-ring (bicyclic) bond motifs is 1. The molecule has 0 bridgehead atoms. The molecule has 2 rings (SSSR count). The van der Waals surface area contributed by atoms with E-state index >= 15 is 0 Å². The molecule has 1 aromatic carbocycles. The molecule has 20 heavy (non-hydrogen) atoms. The molecule has 0 unspecified atom stereocenters. The smallest absolute Gasteiger partial charge is 0.263 e. The van der Waals surface area contributed by atoms with Gasteiger partial charge in [0.25, 0.3) is 9.05 Å². The maximum atomic E-state index is 11.7. The van der Waals surface area contributed by atoms with E-state index in [4.69, 9.17) is 15.4 Å². The second-order valence-electron chi connectivity index (χ2n) is 4.16. The average Bonchev–Trinajstić information content (AvgIpc) is 2.78. The van der Waals surface area contributed by atoms with Gasteiger partial charge in [-0.25, -0.2) is 8.42 Å². The second-order valence-corrected chi connectivity index (χ2v) is 6.69. The van der Waals surface area contributed by atoms with Crippen molar-refractivity contribution in [2.45, 2.75) is 24.8 Å². The van der Waals surface area contributed by atoms with E-state index in [1.165, 1.54) is 13.3 Å². The SMILES string of the molecule is CC#CCCn1cc(S(=O)(=O)Cl)c2c(OC)cccc21. The van der Waals surface area contributed by atoms with Gasteiger partial charge >= 0.3 is 0 Å². The number of aromatic nitrogens is 1. The number of benzene rings is 1. The molecule has 0 aliphatic rings. The van der Waals surface area contributed by atoms with Gasteiger partial charge in [-0.05, 0) is 19.1 Å². The van der Waals surface area contributed by atoms with E-state index in [9.17, 15) is 8.42 Å². The molecule has 0 atom stereocenters. The third-order valence-electron chi connectivity index (χ3n) is 2.97. The summed E-state index contributed by atoms with van der Waals surface area (Å²) in [6, 6.07) is 5.36. The first-order valence-electron chi connectivity index (χ1n) is 5.99. The first-order chi connectivity index (χ1) is 9.49. The van der Waals surface area contributed by atoms with Crippen molar-refractivity contribution in [1.82, 2.24) is 4.57 Å². The summed E-state index contributed by atoms with van der Waals surface area (Å²) >= 11 is 0. The predicted molar refractivity (Wildman–Crippen MR) is 79.6 cm³/mol. The largest absolute Gasteiger partial charge is 0.496 e. The molecule has 1 aromatic heterocycles. The Balaban J connectivity index is 2.69. The minimum Gasteiger partial charge on any atom is -0.496 e. The highest BCUT2D eigenvalue weighted by Gasteiger charge is 2.21. The lowest BCUT2D eigenvalue weighted by atomic mass is 10.2. The van der Waals surface area contributed by atoms with Crippen LogP contribution in [0, 0.1) is 11.8 Å². The van der Waals surface area contributed by atoms with Crippen LogP contribution in [-0.4, -0.2) is 20.1 Å². The number of hydrogen-bond acceptors (Lipinski definition) is 3. The molecular formula is C14H14ClNO3S. The topological polar surface area (TPSA) is 48.3 Å². The first-order valence-corrected chi connectivity index (χ1v) is 8.30. The normalized spacial score (nSPS) is 11.2. The molecule has 0 amide bonds. The second kappa shape index (κ2) is 5.78. The molecule has 0 aliphatic heterocycles. The van der Waals surface area contributed by atoms with Gasteiger partial charge in [-0.3, -0.25) is 0 Å². The molecule has 0 fully saturated rings. The van der Waals surface area contributed by atoms with Gasteiger partial charge in [-0.2, -0.15) is 0 Å². The number of methoxy groups -OCH3 is 1. The third-order valence-corrected chi connectivity index (χ3v) is 4.30. The molecule has 2 aromatic rings. The van der Waals surface area contributed by atoms with Crippen LogP contribution >= 0.6 is 10.7 Å². The molecule has 1 heterocycles. The van der Waals surface area contributed by atoms with Crippen LogP contribution in [0.25, 0.3) is 10.9 Å². The molecule has 0 saturated heterocycles. The minimum atomic E-state index is -3.84. The van der Waals surface area contributed by atoms with Gasteiger partial charge in [0.15, 0.2) is 0 Å². The average molecular weight is 312 g/mol. The Morgan fingerprint density at radius 2 is 2.15 bits per heavy atom. The van der Waals surface area contributed by atoms with Crippen LogP contribution in [0.2, 0.25) is 0 Å². The molecule has 0 radical (unpaired) electrons. The van der Waals surface area contributed by atoms with E-state index in [1.54, 1.807) is 13.0 Å². The molecule has 4 nitrogen and oxygen atoms in total. The van der Waals surface area contributed by atoms with Gasteiger partial charge < -0.3 is 9.30 Å². The fraction of sp³-hybridized carbons (Fsp3) is 0.286. The van der Waals surface area contributed by atoms with Gasteiger partial charge in [0.05, 0.1) is 18.0 Å². The van der Waals surface area contributed by atoms with Crippen molar-refractivity contribution in [1.29, 1.82) is 0 Å². The van der Waals surface area contributed by atoms with Crippen LogP contribution in [0.1, 0.15) is 13.3 Å². The Labute approximate surface area is 122 Å². The highest BCUT2D eigenvalue weighted by Crippen LogP contribution is 2.35. The van der Waals surface area contributed by atoms with Gasteiger partial charge in [0.2, 0.25) is 0 Å². The predicted octanol–water partition coefficient (Wildman–Crippen LogP) is 2.99. The highest BCUT2D eigenvalue weighted by atomic mass is 35.7. The van der Waals surface area contributed by atoms with Crippen molar-refractivity contribution in [3.05, 3.63) is 24.4 Å². The summed E-state index contributed by atoms with van der Waals surface area (Å²) in [7, 11) is 3.18. The van der Waals surface area contributed by atoms with Crippen molar-refractivity contribution in [3.8, 4) is 17.6 Å². The summed E-state index contributed by atoms with van der Waals surface area (Å²) in [6.07, 6.45) is 2.17. The van der Waals surface area contributed by atoms with E-state index in [0.29, 0.717) is 24.1 Å². The van der Waals surface area contributed by atoms with Crippen LogP contribution in [0.5, 0.6) is 5.75 Å². The van der Waals surface area contributed by atoms with E-state index in [1.807, 2.05) is 16.7 Å². The van der Waals surface area contributed by atoms with Crippen LogP contribution < -0.4 is 4.74 Å². The Hall–Kier alpha value is -1.64. The Morgan fingerprint density at radius 3 is 2.75 bits per heavy atom. The summed E-state index contributed by atoms with van der Waals surface area (Å²) in [5, 5.41) is 0.509. The summed E-state index contributed by atoms with van der Waals surface area (Å²) in [6.45, 7) is 2.36. The molecule has 0 aliphatic carbocycles. The van der Waals surface area contributed by atoms with Crippen LogP contribution in [-0.2, 0) is 15.6 Å². The number of halogens is 1. The van der Waals surface area contributed by atoms with E-state index in [2.05, 4.69) is 11.8 Å². The molecule has 0 spiro atoms. The van der Waals surface area contributed by atoms with Gasteiger partial charge in [0.1, 0.15) is 10.6 Å². The number of aryl methyl sites for hydroxylation is 1. The zero-order valence-electron chi connectivity index (χ0n) is 11.2. The van der Waals surface area contributed by atoms with Crippen molar-refractivity contribution in [2.24, 2.45) is 0 Å². The Bertz CT molecular complexity index is 797. The summed E-state index contributed by atoms with van der Waals surface area (Å²) < 4.78 is 30.5. The van der Waals surface area contributed by atoms with Crippen LogP contribution in [0.15, 0.2) is 29.3 Å². The third kappa shape index (κ3) is 2.77. The number of ether oxygens (including phenoxy) is 1. The monoisotopic (exact) mass is 311 g/mol. The van der Waals surface area contributed by atoms with Crippen LogP contribution in [0.3, 0.4) is 0 Å². The summed E-state index contributed by atoms with van der Waals surface area (Å²) in [5.41, 5.74) is 0.765. The van der Waals surface area contributed by atoms with E-state index in [-0.39, 0.29) is 4.90 Å². The van der Waals surface area contributed by atoms with Crippen molar-refractivity contribution in [2.75, 3.05) is 7.11 Å². The maximum Gasteiger partial charge on any atom is 0.263 e. The lowest BCUT2D eigenvalue weighted by molar-refractivity contribution is 0.419. The molecule has 106 valence electrons. The molecule has 6 heteroatoms. The van der Waals surface area contributed by atoms with Gasteiger partial charge in [-0.1, -0.05) is 6.07 Å². The Kier molecular flexibility index (Phi) is 4.26. The van der Waals surface area contributed by atoms with Crippen molar-refractivity contribution in [3.63, 3.8) is 0 Å². The lowest BCUT2D eigenvalue weighted by Crippen LogP contribution is -1.95. The number of rotatable bonds is 4. The zero-order chi connectivity index (χ0) is 14.8.